The van der Waals surface area contributed by atoms with E-state index in [1.54, 1.807) is 0 Å². The Balaban J connectivity index is 1.30. The van der Waals surface area contributed by atoms with Crippen LogP contribution in [0.4, 0.5) is 5.13 Å². The van der Waals surface area contributed by atoms with Gasteiger partial charge in [0.15, 0.2) is 5.13 Å². The number of nitrogens with zero attached hydrogens (tertiary/aromatic N) is 2. The quantitative estimate of drug-likeness (QED) is 0.660. The highest BCUT2D eigenvalue weighted by molar-refractivity contribution is 7.92. The third-order valence-electron chi connectivity index (χ3n) is 5.10. The zero-order valence-corrected chi connectivity index (χ0v) is 16.9. The standard InChI is InChI=1S/C19H24N4O2S2/c1-27(24,25)22-19-21-16(13-26-19)12-23-8-6-14(7-9-23)10-15-11-20-18-5-3-2-4-17(15)18/h2-5,11,13-14,20H,6-10,12H2,1H3,(H,21,22). The molecular formula is C19H24N4O2S2. The van der Waals surface area contributed by atoms with E-state index in [1.165, 1.54) is 40.6 Å². The second-order valence-corrected chi connectivity index (χ2v) is 9.91. The zero-order valence-electron chi connectivity index (χ0n) is 15.3. The lowest BCUT2D eigenvalue weighted by molar-refractivity contribution is 0.176. The van der Waals surface area contributed by atoms with E-state index in [9.17, 15) is 8.42 Å². The van der Waals surface area contributed by atoms with E-state index < -0.39 is 10.0 Å². The number of rotatable bonds is 6. The summed E-state index contributed by atoms with van der Waals surface area (Å²) in [5.74, 6) is 0.707. The number of anilines is 1. The molecular weight excluding hydrogens is 380 g/mol. The van der Waals surface area contributed by atoms with Crippen LogP contribution < -0.4 is 4.72 Å². The van der Waals surface area contributed by atoms with E-state index in [4.69, 9.17) is 0 Å². The molecule has 1 aromatic carbocycles. The molecule has 0 amide bonds. The van der Waals surface area contributed by atoms with Gasteiger partial charge in [0, 0.05) is 29.0 Å². The highest BCUT2D eigenvalue weighted by atomic mass is 32.2. The van der Waals surface area contributed by atoms with Gasteiger partial charge >= 0.3 is 0 Å². The van der Waals surface area contributed by atoms with Crippen LogP contribution in [0.3, 0.4) is 0 Å². The summed E-state index contributed by atoms with van der Waals surface area (Å²) in [6.07, 6.45) is 6.78. The van der Waals surface area contributed by atoms with Crippen molar-refractivity contribution < 1.29 is 8.42 Å². The van der Waals surface area contributed by atoms with Crippen LogP contribution in [0.5, 0.6) is 0 Å². The molecule has 1 aliphatic heterocycles. The molecule has 0 aliphatic carbocycles. The summed E-state index contributed by atoms with van der Waals surface area (Å²) in [4.78, 5) is 10.2. The van der Waals surface area contributed by atoms with Crippen molar-refractivity contribution in [1.82, 2.24) is 14.9 Å². The molecule has 2 N–H and O–H groups in total. The Morgan fingerprint density at radius 1 is 1.30 bits per heavy atom. The molecule has 0 radical (unpaired) electrons. The fourth-order valence-electron chi connectivity index (χ4n) is 3.77. The van der Waals surface area contributed by atoms with Gasteiger partial charge in [-0.3, -0.25) is 9.62 Å². The Bertz CT molecular complexity index is 1020. The smallest absolute Gasteiger partial charge is 0.231 e. The first-order valence-corrected chi connectivity index (χ1v) is 11.9. The highest BCUT2D eigenvalue weighted by Gasteiger charge is 2.21. The molecule has 1 aliphatic rings. The Kier molecular flexibility index (Phi) is 5.21. The third-order valence-corrected chi connectivity index (χ3v) is 6.60. The summed E-state index contributed by atoms with van der Waals surface area (Å²) in [5, 5.41) is 3.72. The number of nitrogens with one attached hydrogen (secondary N) is 2. The SMILES string of the molecule is CS(=O)(=O)Nc1nc(CN2CCC(Cc3c[nH]c4ccccc34)CC2)cs1. The maximum atomic E-state index is 11.3. The first-order chi connectivity index (χ1) is 13.0. The van der Waals surface area contributed by atoms with E-state index in [2.05, 4.69) is 50.1 Å². The maximum absolute atomic E-state index is 11.3. The van der Waals surface area contributed by atoms with Crippen LogP contribution in [0, 0.1) is 5.92 Å². The Hall–Kier alpha value is -1.90. The number of H-pyrrole nitrogens is 1. The van der Waals surface area contributed by atoms with Gasteiger partial charge in [-0.2, -0.15) is 0 Å². The number of hydrogen-bond donors (Lipinski definition) is 2. The topological polar surface area (TPSA) is 78.1 Å². The normalized spacial score (nSPS) is 16.8. The largest absolute Gasteiger partial charge is 0.361 e. The number of para-hydroxylation sites is 1. The minimum Gasteiger partial charge on any atom is -0.361 e. The monoisotopic (exact) mass is 404 g/mol. The maximum Gasteiger partial charge on any atom is 0.231 e. The second kappa shape index (κ2) is 7.61. The molecule has 3 aromatic rings. The van der Waals surface area contributed by atoms with Crippen molar-refractivity contribution in [1.29, 1.82) is 0 Å². The van der Waals surface area contributed by atoms with Gasteiger partial charge in [0.25, 0.3) is 0 Å². The number of fused-ring (bicyclic) bond motifs is 1. The molecule has 2 aromatic heterocycles. The molecule has 1 fully saturated rings. The van der Waals surface area contributed by atoms with Crippen LogP contribution in [0.25, 0.3) is 10.9 Å². The Morgan fingerprint density at radius 3 is 2.85 bits per heavy atom. The van der Waals surface area contributed by atoms with Gasteiger partial charge in [0.2, 0.25) is 10.0 Å². The molecule has 3 heterocycles. The minimum atomic E-state index is -3.26. The summed E-state index contributed by atoms with van der Waals surface area (Å²) in [6, 6.07) is 8.49. The van der Waals surface area contributed by atoms with Crippen LogP contribution in [0.15, 0.2) is 35.8 Å². The minimum absolute atomic E-state index is 0.446. The molecule has 144 valence electrons. The summed E-state index contributed by atoms with van der Waals surface area (Å²) in [6.45, 7) is 2.89. The fourth-order valence-corrected chi connectivity index (χ4v) is 5.33. The number of benzene rings is 1. The number of likely N-dealkylation sites (tertiary alicyclic amines) is 1. The lowest BCUT2D eigenvalue weighted by Gasteiger charge is -2.31. The Labute approximate surface area is 163 Å². The number of piperidine rings is 1. The van der Waals surface area contributed by atoms with Crippen molar-refractivity contribution in [2.75, 3.05) is 24.1 Å². The molecule has 4 rings (SSSR count). The molecule has 1 saturated heterocycles. The van der Waals surface area contributed by atoms with Gasteiger partial charge in [0.1, 0.15) is 0 Å². The number of sulfonamides is 1. The van der Waals surface area contributed by atoms with Gasteiger partial charge in [0.05, 0.1) is 11.9 Å². The van der Waals surface area contributed by atoms with Crippen LogP contribution >= 0.6 is 11.3 Å². The second-order valence-electron chi connectivity index (χ2n) is 7.30. The summed E-state index contributed by atoms with van der Waals surface area (Å²) >= 11 is 1.34. The van der Waals surface area contributed by atoms with Crippen molar-refractivity contribution in [3.63, 3.8) is 0 Å². The Morgan fingerprint density at radius 2 is 2.07 bits per heavy atom. The van der Waals surface area contributed by atoms with Gasteiger partial charge in [-0.25, -0.2) is 13.4 Å². The van der Waals surface area contributed by atoms with Crippen LogP contribution in [-0.4, -0.2) is 42.6 Å². The number of aromatic amines is 1. The molecule has 27 heavy (non-hydrogen) atoms. The predicted molar refractivity (Wildman–Crippen MR) is 111 cm³/mol. The predicted octanol–water partition coefficient (Wildman–Crippen LogP) is 3.45. The third kappa shape index (κ3) is 4.69. The van der Waals surface area contributed by atoms with Crippen molar-refractivity contribution in [3.05, 3.63) is 47.1 Å². The fraction of sp³-hybridized carbons (Fsp3) is 0.421. The highest BCUT2D eigenvalue weighted by Crippen LogP contribution is 2.27. The van der Waals surface area contributed by atoms with E-state index in [-0.39, 0.29) is 0 Å². The molecule has 6 nitrogen and oxygen atoms in total. The molecule has 0 saturated carbocycles. The molecule has 0 unspecified atom stereocenters. The van der Waals surface area contributed by atoms with Crippen LogP contribution in [-0.2, 0) is 23.0 Å². The lowest BCUT2D eigenvalue weighted by Crippen LogP contribution is -2.33. The average Bonchev–Trinajstić information content (AvgIpc) is 3.22. The van der Waals surface area contributed by atoms with Crippen LogP contribution in [0.2, 0.25) is 0 Å². The van der Waals surface area contributed by atoms with Crippen LogP contribution in [0.1, 0.15) is 24.1 Å². The van der Waals surface area contributed by atoms with Gasteiger partial charge in [-0.15, -0.1) is 11.3 Å². The van der Waals surface area contributed by atoms with Crippen molar-refractivity contribution in [2.45, 2.75) is 25.8 Å². The average molecular weight is 405 g/mol. The van der Waals surface area contributed by atoms with E-state index >= 15 is 0 Å². The van der Waals surface area contributed by atoms with Gasteiger partial charge in [-0.1, -0.05) is 18.2 Å². The summed E-state index contributed by atoms with van der Waals surface area (Å²) < 4.78 is 25.0. The van der Waals surface area contributed by atoms with Gasteiger partial charge in [-0.05, 0) is 49.9 Å². The van der Waals surface area contributed by atoms with E-state index in [0.29, 0.717) is 11.0 Å². The van der Waals surface area contributed by atoms with E-state index in [1.807, 2.05) is 5.38 Å². The molecule has 0 atom stereocenters. The molecule has 0 spiro atoms. The zero-order chi connectivity index (χ0) is 18.9. The van der Waals surface area contributed by atoms with E-state index in [0.717, 1.165) is 38.0 Å². The van der Waals surface area contributed by atoms with Crippen molar-refractivity contribution in [3.8, 4) is 0 Å². The number of hydrogen-bond acceptors (Lipinski definition) is 5. The first-order valence-electron chi connectivity index (χ1n) is 9.16. The number of aromatic nitrogens is 2. The first kappa shape index (κ1) is 18.5. The van der Waals surface area contributed by atoms with Gasteiger partial charge < -0.3 is 4.98 Å². The number of thiazole rings is 1. The molecule has 0 bridgehead atoms. The summed E-state index contributed by atoms with van der Waals surface area (Å²) in [7, 11) is -3.26. The summed E-state index contributed by atoms with van der Waals surface area (Å²) in [5.41, 5.74) is 3.56. The van der Waals surface area contributed by atoms with Crippen molar-refractivity contribution in [2.24, 2.45) is 5.92 Å². The lowest BCUT2D eigenvalue weighted by atomic mass is 9.90. The van der Waals surface area contributed by atoms with Crippen molar-refractivity contribution >= 4 is 37.4 Å². The molecule has 8 heteroatoms.